The van der Waals surface area contributed by atoms with Gasteiger partial charge in [0.1, 0.15) is 0 Å². The Bertz CT molecular complexity index is 1460. The van der Waals surface area contributed by atoms with Gasteiger partial charge in [0, 0.05) is 11.8 Å². The molecule has 0 aliphatic heterocycles. The Balaban J connectivity index is 1.77. The van der Waals surface area contributed by atoms with Crippen molar-refractivity contribution >= 4 is 0 Å². The molecule has 0 spiro atoms. The molecule has 6 aromatic rings. The van der Waals surface area contributed by atoms with Gasteiger partial charge >= 0.3 is 0 Å². The number of hydrogen-bond donors (Lipinski definition) is 2. The van der Waals surface area contributed by atoms with E-state index in [-0.39, 0.29) is 11.8 Å². The molecule has 4 N–H and O–H groups in total. The van der Waals surface area contributed by atoms with Crippen LogP contribution >= 0.6 is 0 Å². The van der Waals surface area contributed by atoms with Crippen LogP contribution in [0.3, 0.4) is 0 Å². The Morgan fingerprint density at radius 1 is 0.286 bits per heavy atom. The van der Waals surface area contributed by atoms with E-state index in [1.54, 1.807) is 0 Å². The van der Waals surface area contributed by atoms with Gasteiger partial charge in [-0.1, -0.05) is 182 Å². The molecule has 0 aromatic heterocycles. The van der Waals surface area contributed by atoms with Crippen LogP contribution < -0.4 is 11.5 Å². The Hall–Kier alpha value is -4.76. The highest BCUT2D eigenvalue weighted by atomic mass is 15.0. The van der Waals surface area contributed by atoms with Crippen LogP contribution in [0.1, 0.15) is 45.2 Å². The van der Waals surface area contributed by atoms with Crippen molar-refractivity contribution in [2.45, 2.75) is 22.9 Å². The minimum absolute atomic E-state index is 0.276. The van der Waals surface area contributed by atoms with Crippen molar-refractivity contribution in [1.82, 2.24) is 0 Å². The van der Waals surface area contributed by atoms with Gasteiger partial charge in [-0.25, -0.2) is 0 Å². The van der Waals surface area contributed by atoms with E-state index in [0.29, 0.717) is 0 Å². The first-order valence-corrected chi connectivity index (χ1v) is 14.5. The number of benzene rings is 6. The van der Waals surface area contributed by atoms with Gasteiger partial charge in [-0.2, -0.15) is 0 Å². The lowest BCUT2D eigenvalue weighted by Gasteiger charge is -2.55. The first-order valence-electron chi connectivity index (χ1n) is 14.5. The molecule has 0 radical (unpaired) electrons. The zero-order valence-electron chi connectivity index (χ0n) is 23.6. The Morgan fingerprint density at radius 3 is 0.690 bits per heavy atom. The van der Waals surface area contributed by atoms with Crippen LogP contribution in [0.5, 0.6) is 0 Å². The second-order valence-corrected chi connectivity index (χ2v) is 11.0. The minimum atomic E-state index is -1.12. The topological polar surface area (TPSA) is 52.0 Å². The van der Waals surface area contributed by atoms with Crippen LogP contribution in [0.15, 0.2) is 182 Å². The molecule has 2 atom stereocenters. The normalized spacial score (nSPS) is 14.3. The first-order chi connectivity index (χ1) is 20.6. The molecule has 2 heteroatoms. The van der Waals surface area contributed by atoms with E-state index in [2.05, 4.69) is 170 Å². The summed E-state index contributed by atoms with van der Waals surface area (Å²) in [6.07, 6.45) is 0. The minimum Gasteiger partial charge on any atom is -0.319 e. The van der Waals surface area contributed by atoms with Crippen LogP contribution in [0.25, 0.3) is 0 Å². The van der Waals surface area contributed by atoms with Crippen LogP contribution in [0.2, 0.25) is 0 Å². The fraction of sp³-hybridized carbons (Fsp3) is 0.100. The van der Waals surface area contributed by atoms with E-state index in [4.69, 9.17) is 11.5 Å². The maximum Gasteiger partial charge on any atom is 0.0754 e. The molecule has 0 fully saturated rings. The maximum atomic E-state index is 8.19. The van der Waals surface area contributed by atoms with Gasteiger partial charge in [0.15, 0.2) is 0 Å². The highest BCUT2D eigenvalue weighted by Gasteiger charge is 2.58. The van der Waals surface area contributed by atoms with Crippen molar-refractivity contribution in [3.63, 3.8) is 0 Å². The largest absolute Gasteiger partial charge is 0.319 e. The monoisotopic (exact) mass is 544 g/mol. The zero-order chi connectivity index (χ0) is 28.8. The molecule has 0 aliphatic rings. The predicted molar refractivity (Wildman–Crippen MR) is 174 cm³/mol. The van der Waals surface area contributed by atoms with Crippen LogP contribution in [-0.2, 0) is 11.1 Å². The summed E-state index contributed by atoms with van der Waals surface area (Å²) in [5.41, 5.74) is 20.5. The first kappa shape index (κ1) is 27.4. The SMILES string of the molecule is NC(c1ccccc1)(C(c1ccccc1)c1ccccc1)C(N)(c1ccccc1)C(c1ccccc1)c1ccccc1. The highest BCUT2D eigenvalue weighted by molar-refractivity contribution is 5.52. The van der Waals surface area contributed by atoms with E-state index >= 15 is 0 Å². The predicted octanol–water partition coefficient (Wildman–Crippen LogP) is 8.36. The zero-order valence-corrected chi connectivity index (χ0v) is 23.6. The average Bonchev–Trinajstić information content (AvgIpc) is 3.07. The second kappa shape index (κ2) is 12.0. The van der Waals surface area contributed by atoms with Gasteiger partial charge in [-0.05, 0) is 33.4 Å². The quantitative estimate of drug-likeness (QED) is 0.192. The second-order valence-electron chi connectivity index (χ2n) is 11.0. The third kappa shape index (κ3) is 4.86. The van der Waals surface area contributed by atoms with Gasteiger partial charge in [0.2, 0.25) is 0 Å². The molecule has 6 rings (SSSR count). The number of rotatable bonds is 9. The summed E-state index contributed by atoms with van der Waals surface area (Å²) in [7, 11) is 0. The summed E-state index contributed by atoms with van der Waals surface area (Å²) in [5, 5.41) is 0. The van der Waals surface area contributed by atoms with Crippen molar-refractivity contribution in [2.75, 3.05) is 0 Å². The Morgan fingerprint density at radius 2 is 0.476 bits per heavy atom. The summed E-state index contributed by atoms with van der Waals surface area (Å²) >= 11 is 0. The van der Waals surface area contributed by atoms with E-state index in [9.17, 15) is 0 Å². The molecule has 0 amide bonds. The van der Waals surface area contributed by atoms with E-state index in [1.165, 1.54) is 0 Å². The van der Waals surface area contributed by atoms with Crippen molar-refractivity contribution in [3.8, 4) is 0 Å². The molecule has 206 valence electrons. The summed E-state index contributed by atoms with van der Waals surface area (Å²) < 4.78 is 0. The van der Waals surface area contributed by atoms with Crippen molar-refractivity contribution < 1.29 is 0 Å². The number of hydrogen-bond acceptors (Lipinski definition) is 2. The smallest absolute Gasteiger partial charge is 0.0754 e. The molecule has 0 saturated heterocycles. The standard InChI is InChI=1S/C40H36N2/c41-39(35-27-15-5-16-28-35,37(31-19-7-1-8-20-31)32-21-9-2-10-22-32)40(42,36-29-17-6-18-30-36)38(33-23-11-3-12-24-33)34-25-13-4-14-26-34/h1-30,37-38H,41-42H2. The van der Waals surface area contributed by atoms with E-state index in [0.717, 1.165) is 33.4 Å². The van der Waals surface area contributed by atoms with Gasteiger partial charge in [-0.3, -0.25) is 0 Å². The van der Waals surface area contributed by atoms with E-state index < -0.39 is 11.1 Å². The van der Waals surface area contributed by atoms with Crippen molar-refractivity contribution in [3.05, 3.63) is 215 Å². The lowest BCUT2D eigenvalue weighted by molar-refractivity contribution is 0.171. The molecule has 2 unspecified atom stereocenters. The van der Waals surface area contributed by atoms with Gasteiger partial charge in [-0.15, -0.1) is 0 Å². The molecule has 42 heavy (non-hydrogen) atoms. The molecule has 2 nitrogen and oxygen atoms in total. The lowest BCUT2D eigenvalue weighted by Crippen LogP contribution is -2.67. The lowest BCUT2D eigenvalue weighted by atomic mass is 9.53. The third-order valence-corrected chi connectivity index (χ3v) is 8.63. The van der Waals surface area contributed by atoms with Crippen LogP contribution in [0, 0.1) is 0 Å². The molecule has 6 aromatic carbocycles. The molecule has 0 heterocycles. The average molecular weight is 545 g/mol. The fourth-order valence-corrected chi connectivity index (χ4v) is 6.73. The Kier molecular flexibility index (Phi) is 7.83. The van der Waals surface area contributed by atoms with E-state index in [1.807, 2.05) is 12.1 Å². The third-order valence-electron chi connectivity index (χ3n) is 8.63. The Labute approximate surface area is 249 Å². The molecule has 0 aliphatic carbocycles. The van der Waals surface area contributed by atoms with Gasteiger partial charge in [0.05, 0.1) is 11.1 Å². The van der Waals surface area contributed by atoms with Gasteiger partial charge < -0.3 is 11.5 Å². The van der Waals surface area contributed by atoms with Crippen molar-refractivity contribution in [1.29, 1.82) is 0 Å². The van der Waals surface area contributed by atoms with Crippen LogP contribution in [-0.4, -0.2) is 0 Å². The maximum absolute atomic E-state index is 8.19. The summed E-state index contributed by atoms with van der Waals surface area (Å²) in [6, 6.07) is 63.2. The molecular weight excluding hydrogens is 508 g/mol. The molecule has 0 bridgehead atoms. The van der Waals surface area contributed by atoms with Crippen LogP contribution in [0.4, 0.5) is 0 Å². The van der Waals surface area contributed by atoms with Gasteiger partial charge in [0.25, 0.3) is 0 Å². The number of nitrogens with two attached hydrogens (primary N) is 2. The summed E-state index contributed by atoms with van der Waals surface area (Å²) in [6.45, 7) is 0. The summed E-state index contributed by atoms with van der Waals surface area (Å²) in [4.78, 5) is 0. The molecule has 0 saturated carbocycles. The van der Waals surface area contributed by atoms with Crippen molar-refractivity contribution in [2.24, 2.45) is 11.5 Å². The highest BCUT2D eigenvalue weighted by Crippen LogP contribution is 2.56. The fourth-order valence-electron chi connectivity index (χ4n) is 6.73. The summed E-state index contributed by atoms with van der Waals surface area (Å²) in [5.74, 6) is -0.551. The molecular formula is C40H36N2.